The fourth-order valence-corrected chi connectivity index (χ4v) is 5.09. The van der Waals surface area contributed by atoms with Gasteiger partial charge in [-0.25, -0.2) is 8.42 Å². The molecule has 3 rings (SSSR count). The molecule has 1 aromatic carbocycles. The minimum absolute atomic E-state index is 0. The molecule has 0 radical (unpaired) electrons. The Labute approximate surface area is 144 Å². The third-order valence-electron chi connectivity index (χ3n) is 4.82. The van der Waals surface area contributed by atoms with Crippen LogP contribution in [0.25, 0.3) is 0 Å². The van der Waals surface area contributed by atoms with Crippen molar-refractivity contribution in [2.24, 2.45) is 5.41 Å². The zero-order chi connectivity index (χ0) is 15.6. The number of hydrogen-bond donors (Lipinski definition) is 1. The number of rotatable bonds is 4. The minimum Gasteiger partial charge on any atom is -0.494 e. The molecule has 0 atom stereocenters. The van der Waals surface area contributed by atoms with E-state index < -0.39 is 10.0 Å². The summed E-state index contributed by atoms with van der Waals surface area (Å²) >= 11 is 0. The van der Waals surface area contributed by atoms with E-state index in [4.69, 9.17) is 4.74 Å². The van der Waals surface area contributed by atoms with Crippen LogP contribution in [0.5, 0.6) is 5.75 Å². The molecule has 0 unspecified atom stereocenters. The molecule has 5 nitrogen and oxygen atoms in total. The lowest BCUT2D eigenvalue weighted by molar-refractivity contribution is 0.218. The van der Waals surface area contributed by atoms with Gasteiger partial charge >= 0.3 is 0 Å². The van der Waals surface area contributed by atoms with Gasteiger partial charge in [-0.1, -0.05) is 6.07 Å². The van der Waals surface area contributed by atoms with Crippen LogP contribution >= 0.6 is 12.4 Å². The van der Waals surface area contributed by atoms with Gasteiger partial charge in [0.25, 0.3) is 0 Å². The molecule has 2 heterocycles. The Morgan fingerprint density at radius 1 is 1.26 bits per heavy atom. The summed E-state index contributed by atoms with van der Waals surface area (Å²) < 4.78 is 32.8. The molecule has 1 aromatic rings. The number of nitrogens with zero attached hydrogens (tertiary/aromatic N) is 1. The number of sulfonamides is 1. The standard InChI is InChI=1S/C16H24N2O3S.ClH/c1-2-21-14-4-3-5-15(12-14)22(19,20)18-11-8-16(13-18)6-9-17-10-7-16;/h3-5,12,17H,2,6-11,13H2,1H3;1H. The first-order valence-electron chi connectivity index (χ1n) is 8.00. The van der Waals surface area contributed by atoms with E-state index >= 15 is 0 Å². The van der Waals surface area contributed by atoms with Crippen molar-refractivity contribution in [3.63, 3.8) is 0 Å². The Hall–Kier alpha value is -0.820. The van der Waals surface area contributed by atoms with Crippen LogP contribution in [-0.2, 0) is 10.0 Å². The summed E-state index contributed by atoms with van der Waals surface area (Å²) in [4.78, 5) is 0.337. The van der Waals surface area contributed by atoms with Crippen molar-refractivity contribution in [2.45, 2.75) is 31.1 Å². The van der Waals surface area contributed by atoms with Crippen LogP contribution in [0.2, 0.25) is 0 Å². The molecule has 0 bridgehead atoms. The van der Waals surface area contributed by atoms with E-state index in [1.165, 1.54) is 0 Å². The Bertz CT molecular complexity index is 630. The maximum Gasteiger partial charge on any atom is 0.243 e. The van der Waals surface area contributed by atoms with Crippen LogP contribution < -0.4 is 10.1 Å². The maximum absolute atomic E-state index is 12.9. The molecular formula is C16H25ClN2O3S. The molecular weight excluding hydrogens is 336 g/mol. The van der Waals surface area contributed by atoms with Gasteiger partial charge in [0.1, 0.15) is 5.75 Å². The lowest BCUT2D eigenvalue weighted by atomic mass is 9.78. The maximum atomic E-state index is 12.9. The molecule has 1 N–H and O–H groups in total. The average Bonchev–Trinajstić information content (AvgIpc) is 2.93. The van der Waals surface area contributed by atoms with Gasteiger partial charge in [0.15, 0.2) is 0 Å². The van der Waals surface area contributed by atoms with Gasteiger partial charge in [-0.2, -0.15) is 4.31 Å². The van der Waals surface area contributed by atoms with Gasteiger partial charge < -0.3 is 10.1 Å². The summed E-state index contributed by atoms with van der Waals surface area (Å²) in [5, 5.41) is 3.36. The molecule has 0 aliphatic carbocycles. The predicted octanol–water partition coefficient (Wildman–Crippen LogP) is 2.27. The molecule has 1 spiro atoms. The second-order valence-corrected chi connectivity index (χ2v) is 8.18. The molecule has 0 amide bonds. The molecule has 0 aromatic heterocycles. The van der Waals surface area contributed by atoms with Gasteiger partial charge in [0.05, 0.1) is 11.5 Å². The summed E-state index contributed by atoms with van der Waals surface area (Å²) in [6.45, 7) is 5.68. The highest BCUT2D eigenvalue weighted by atomic mass is 35.5. The van der Waals surface area contributed by atoms with Crippen molar-refractivity contribution in [2.75, 3.05) is 32.8 Å². The van der Waals surface area contributed by atoms with Crippen molar-refractivity contribution < 1.29 is 13.2 Å². The van der Waals surface area contributed by atoms with E-state index in [1.54, 1.807) is 28.6 Å². The van der Waals surface area contributed by atoms with Gasteiger partial charge in [-0.3, -0.25) is 0 Å². The van der Waals surface area contributed by atoms with Crippen LogP contribution in [0, 0.1) is 5.41 Å². The first kappa shape index (κ1) is 18.5. The van der Waals surface area contributed by atoms with E-state index in [-0.39, 0.29) is 17.8 Å². The van der Waals surface area contributed by atoms with Crippen LogP contribution in [0.4, 0.5) is 0 Å². The lowest BCUT2D eigenvalue weighted by Gasteiger charge is -2.33. The molecule has 23 heavy (non-hydrogen) atoms. The normalized spacial score (nSPS) is 21.1. The van der Waals surface area contributed by atoms with Gasteiger partial charge in [-0.15, -0.1) is 12.4 Å². The first-order chi connectivity index (χ1) is 10.6. The summed E-state index contributed by atoms with van der Waals surface area (Å²) in [5.41, 5.74) is 0.176. The lowest BCUT2D eigenvalue weighted by Crippen LogP contribution is -2.39. The van der Waals surface area contributed by atoms with E-state index in [0.717, 1.165) is 32.4 Å². The Kier molecular flexibility index (Phi) is 5.94. The van der Waals surface area contributed by atoms with E-state index in [0.29, 0.717) is 30.3 Å². The van der Waals surface area contributed by atoms with Crippen molar-refractivity contribution in [1.82, 2.24) is 9.62 Å². The summed E-state index contributed by atoms with van der Waals surface area (Å²) in [5.74, 6) is 0.611. The zero-order valence-corrected chi connectivity index (χ0v) is 15.1. The number of halogens is 1. The number of nitrogens with one attached hydrogen (secondary N) is 1. The number of hydrogen-bond acceptors (Lipinski definition) is 4. The number of ether oxygens (including phenoxy) is 1. The zero-order valence-electron chi connectivity index (χ0n) is 13.5. The topological polar surface area (TPSA) is 58.6 Å². The fraction of sp³-hybridized carbons (Fsp3) is 0.625. The summed E-state index contributed by atoms with van der Waals surface area (Å²) in [6.07, 6.45) is 3.11. The largest absolute Gasteiger partial charge is 0.494 e. The van der Waals surface area contributed by atoms with E-state index in [2.05, 4.69) is 5.32 Å². The Morgan fingerprint density at radius 2 is 2.00 bits per heavy atom. The Balaban J connectivity index is 0.00000192. The smallest absolute Gasteiger partial charge is 0.243 e. The van der Waals surface area contributed by atoms with Gasteiger partial charge in [0, 0.05) is 19.2 Å². The van der Waals surface area contributed by atoms with Crippen molar-refractivity contribution in [3.05, 3.63) is 24.3 Å². The summed E-state index contributed by atoms with van der Waals surface area (Å²) in [6, 6.07) is 6.83. The second kappa shape index (κ2) is 7.38. The third-order valence-corrected chi connectivity index (χ3v) is 6.66. The monoisotopic (exact) mass is 360 g/mol. The van der Waals surface area contributed by atoms with Crippen molar-refractivity contribution >= 4 is 22.4 Å². The molecule has 2 aliphatic heterocycles. The fourth-order valence-electron chi connectivity index (χ4n) is 3.50. The number of piperidine rings is 1. The molecule has 2 saturated heterocycles. The average molecular weight is 361 g/mol. The van der Waals surface area contributed by atoms with Crippen molar-refractivity contribution in [1.29, 1.82) is 0 Å². The van der Waals surface area contributed by atoms with Crippen LogP contribution in [-0.4, -0.2) is 45.5 Å². The minimum atomic E-state index is -3.42. The third kappa shape index (κ3) is 3.82. The van der Waals surface area contributed by atoms with Crippen LogP contribution in [0.15, 0.2) is 29.2 Å². The van der Waals surface area contributed by atoms with Crippen LogP contribution in [0.3, 0.4) is 0 Å². The molecule has 2 aliphatic rings. The highest BCUT2D eigenvalue weighted by molar-refractivity contribution is 7.89. The van der Waals surface area contributed by atoms with Crippen LogP contribution in [0.1, 0.15) is 26.2 Å². The second-order valence-electron chi connectivity index (χ2n) is 6.25. The van der Waals surface area contributed by atoms with Gasteiger partial charge in [-0.05, 0) is 56.8 Å². The van der Waals surface area contributed by atoms with Crippen molar-refractivity contribution in [3.8, 4) is 5.75 Å². The molecule has 130 valence electrons. The number of benzene rings is 1. The highest BCUT2D eigenvalue weighted by Crippen LogP contribution is 2.40. The highest BCUT2D eigenvalue weighted by Gasteiger charge is 2.43. The Morgan fingerprint density at radius 3 is 2.70 bits per heavy atom. The molecule has 0 saturated carbocycles. The van der Waals surface area contributed by atoms with Gasteiger partial charge in [0.2, 0.25) is 10.0 Å². The SMILES string of the molecule is CCOc1cccc(S(=O)(=O)N2CCC3(CCNCC3)C2)c1.Cl. The first-order valence-corrected chi connectivity index (χ1v) is 9.44. The predicted molar refractivity (Wildman–Crippen MR) is 92.8 cm³/mol. The molecule has 7 heteroatoms. The van der Waals surface area contributed by atoms with E-state index in [9.17, 15) is 8.42 Å². The quantitative estimate of drug-likeness (QED) is 0.894. The molecule has 2 fully saturated rings. The van der Waals surface area contributed by atoms with E-state index in [1.807, 2.05) is 6.92 Å². The summed E-state index contributed by atoms with van der Waals surface area (Å²) in [7, 11) is -3.42.